The van der Waals surface area contributed by atoms with Crippen LogP contribution in [0.15, 0.2) is 54.4 Å². The van der Waals surface area contributed by atoms with Crippen LogP contribution in [0.1, 0.15) is 23.6 Å². The molecule has 1 aliphatic rings. The van der Waals surface area contributed by atoms with Crippen molar-refractivity contribution in [3.8, 4) is 6.07 Å². The first-order valence-electron chi connectivity index (χ1n) is 10.0. The first-order valence-corrected chi connectivity index (χ1v) is 10.6. The van der Waals surface area contributed by atoms with Crippen molar-refractivity contribution in [1.29, 1.82) is 5.26 Å². The highest BCUT2D eigenvalue weighted by molar-refractivity contribution is 7.79. The topological polar surface area (TPSA) is 77.1 Å². The van der Waals surface area contributed by atoms with Gasteiger partial charge in [0.1, 0.15) is 23.9 Å². The molecule has 1 fully saturated rings. The number of thiol groups is 1. The fourth-order valence-corrected chi connectivity index (χ4v) is 3.75. The maximum Gasteiger partial charge on any atom is 0.348 e. The van der Waals surface area contributed by atoms with E-state index in [1.807, 2.05) is 48.0 Å². The number of nitriles is 1. The maximum absolute atomic E-state index is 12.5. The smallest absolute Gasteiger partial charge is 0.348 e. The van der Waals surface area contributed by atoms with Crippen molar-refractivity contribution in [3.63, 3.8) is 0 Å². The van der Waals surface area contributed by atoms with Crippen LogP contribution in [0, 0.1) is 16.7 Å². The zero-order valence-corrected chi connectivity index (χ0v) is 18.1. The van der Waals surface area contributed by atoms with E-state index in [1.54, 1.807) is 12.3 Å². The summed E-state index contributed by atoms with van der Waals surface area (Å²) in [4.78, 5) is 17.0. The van der Waals surface area contributed by atoms with E-state index in [-0.39, 0.29) is 17.6 Å². The van der Waals surface area contributed by atoms with Gasteiger partial charge < -0.3 is 14.0 Å². The van der Waals surface area contributed by atoms with Gasteiger partial charge in [0.05, 0.1) is 13.2 Å². The SMILES string of the molecule is CC1(COC(=O)/C(C#N)=C/c2cn(Cc3cccc(CS)c3)c3ncccc23)COC1. The standard InChI is InChI=1S/C24H23N3O3S/c1-24(14-29-15-24)16-30-23(28)19(10-25)9-20-12-27(22-21(20)6-3-7-26-22)11-17-4-2-5-18(8-17)13-31/h2-9,12,31H,11,13-16H2,1H3/b19-9+. The monoisotopic (exact) mass is 433 g/mol. The van der Waals surface area contributed by atoms with Crippen LogP contribution < -0.4 is 0 Å². The van der Waals surface area contributed by atoms with E-state index >= 15 is 0 Å². The number of hydrogen-bond donors (Lipinski definition) is 1. The third kappa shape index (κ3) is 4.66. The molecule has 31 heavy (non-hydrogen) atoms. The van der Waals surface area contributed by atoms with E-state index in [9.17, 15) is 10.1 Å². The molecule has 0 N–H and O–H groups in total. The molecule has 3 aromatic rings. The fourth-order valence-electron chi connectivity index (χ4n) is 3.55. The minimum atomic E-state index is -0.623. The summed E-state index contributed by atoms with van der Waals surface area (Å²) in [6.45, 7) is 3.95. The van der Waals surface area contributed by atoms with Crippen LogP contribution in [0.2, 0.25) is 0 Å². The molecule has 0 atom stereocenters. The van der Waals surface area contributed by atoms with E-state index in [0.29, 0.717) is 25.5 Å². The number of rotatable bonds is 7. The first-order chi connectivity index (χ1) is 15.0. The Bertz CT molecular complexity index is 1190. The summed E-state index contributed by atoms with van der Waals surface area (Å²) < 4.78 is 12.6. The molecule has 1 saturated heterocycles. The van der Waals surface area contributed by atoms with E-state index < -0.39 is 5.97 Å². The molecule has 4 rings (SSSR count). The molecule has 0 amide bonds. The van der Waals surface area contributed by atoms with Crippen LogP contribution >= 0.6 is 12.6 Å². The van der Waals surface area contributed by atoms with Gasteiger partial charge in [-0.15, -0.1) is 0 Å². The summed E-state index contributed by atoms with van der Waals surface area (Å²) in [7, 11) is 0. The number of hydrogen-bond acceptors (Lipinski definition) is 6. The first kappa shape index (κ1) is 21.2. The molecule has 0 bridgehead atoms. The summed E-state index contributed by atoms with van der Waals surface area (Å²) in [5.41, 5.74) is 3.60. The molecule has 1 aliphatic heterocycles. The lowest BCUT2D eigenvalue weighted by Crippen LogP contribution is -2.44. The number of ether oxygens (including phenoxy) is 2. The minimum absolute atomic E-state index is 0.0381. The normalized spacial score (nSPS) is 15.3. The molecule has 0 spiro atoms. The minimum Gasteiger partial charge on any atom is -0.461 e. The summed E-state index contributed by atoms with van der Waals surface area (Å²) >= 11 is 4.35. The third-order valence-corrected chi connectivity index (χ3v) is 5.65. The highest BCUT2D eigenvalue weighted by Crippen LogP contribution is 2.27. The lowest BCUT2D eigenvalue weighted by molar-refractivity contribution is -0.161. The summed E-state index contributed by atoms with van der Waals surface area (Å²) in [5.74, 6) is 0.0487. The number of pyridine rings is 1. The zero-order chi connectivity index (χ0) is 21.8. The van der Waals surface area contributed by atoms with Crippen molar-refractivity contribution in [2.75, 3.05) is 19.8 Å². The van der Waals surface area contributed by atoms with E-state index in [2.05, 4.69) is 29.7 Å². The van der Waals surface area contributed by atoms with Crippen molar-refractivity contribution in [2.24, 2.45) is 5.41 Å². The summed E-state index contributed by atoms with van der Waals surface area (Å²) in [6, 6.07) is 14.0. The molecule has 0 radical (unpaired) electrons. The molecule has 7 heteroatoms. The number of nitrogens with zero attached hydrogens (tertiary/aromatic N) is 3. The molecule has 0 aliphatic carbocycles. The van der Waals surface area contributed by atoms with Crippen LogP contribution in [0.3, 0.4) is 0 Å². The van der Waals surface area contributed by atoms with Gasteiger partial charge in [0, 0.05) is 41.1 Å². The van der Waals surface area contributed by atoms with Crippen LogP contribution in [0.5, 0.6) is 0 Å². The second-order valence-electron chi connectivity index (χ2n) is 8.11. The predicted molar refractivity (Wildman–Crippen MR) is 121 cm³/mol. The lowest BCUT2D eigenvalue weighted by Gasteiger charge is -2.37. The molecule has 158 valence electrons. The number of fused-ring (bicyclic) bond motifs is 1. The van der Waals surface area contributed by atoms with Crippen molar-refractivity contribution >= 4 is 35.7 Å². The third-order valence-electron chi connectivity index (χ3n) is 5.28. The Kier molecular flexibility index (Phi) is 6.12. The Balaban J connectivity index is 1.62. The Hall–Kier alpha value is -3.08. The average molecular weight is 434 g/mol. The molecule has 3 heterocycles. The second kappa shape index (κ2) is 8.96. The van der Waals surface area contributed by atoms with Crippen molar-refractivity contribution < 1.29 is 14.3 Å². The largest absolute Gasteiger partial charge is 0.461 e. The van der Waals surface area contributed by atoms with Gasteiger partial charge in [0.15, 0.2) is 0 Å². The molecular weight excluding hydrogens is 410 g/mol. The lowest BCUT2D eigenvalue weighted by atomic mass is 9.90. The zero-order valence-electron chi connectivity index (χ0n) is 17.2. The van der Waals surface area contributed by atoms with Gasteiger partial charge in [-0.3, -0.25) is 0 Å². The van der Waals surface area contributed by atoms with Gasteiger partial charge in [0.25, 0.3) is 0 Å². The van der Waals surface area contributed by atoms with E-state index in [0.717, 1.165) is 27.7 Å². The van der Waals surface area contributed by atoms with Gasteiger partial charge in [0.2, 0.25) is 0 Å². The van der Waals surface area contributed by atoms with Gasteiger partial charge in [-0.1, -0.05) is 31.2 Å². The fraction of sp³-hybridized carbons (Fsp3) is 0.292. The molecule has 0 saturated carbocycles. The Morgan fingerprint density at radius 3 is 2.87 bits per heavy atom. The molecule has 2 aromatic heterocycles. The maximum atomic E-state index is 12.5. The number of esters is 1. The van der Waals surface area contributed by atoms with Crippen LogP contribution in [-0.4, -0.2) is 35.3 Å². The summed E-state index contributed by atoms with van der Waals surface area (Å²) in [5, 5.41) is 10.4. The Morgan fingerprint density at radius 2 is 2.16 bits per heavy atom. The van der Waals surface area contributed by atoms with Gasteiger partial charge in [-0.05, 0) is 29.3 Å². The van der Waals surface area contributed by atoms with Crippen LogP contribution in [0.25, 0.3) is 17.1 Å². The van der Waals surface area contributed by atoms with Gasteiger partial charge >= 0.3 is 5.97 Å². The molecule has 1 aromatic carbocycles. The quantitative estimate of drug-likeness (QED) is 0.264. The molecule has 0 unspecified atom stereocenters. The van der Waals surface area contributed by atoms with Crippen LogP contribution in [0.4, 0.5) is 0 Å². The van der Waals surface area contributed by atoms with E-state index in [4.69, 9.17) is 9.47 Å². The average Bonchev–Trinajstić information content (AvgIpc) is 3.11. The number of aromatic nitrogens is 2. The predicted octanol–water partition coefficient (Wildman–Crippen LogP) is 4.00. The van der Waals surface area contributed by atoms with E-state index in [1.165, 1.54) is 0 Å². The second-order valence-corrected chi connectivity index (χ2v) is 8.43. The summed E-state index contributed by atoms with van der Waals surface area (Å²) in [6.07, 6.45) is 5.22. The Morgan fingerprint density at radius 1 is 1.35 bits per heavy atom. The van der Waals surface area contributed by atoms with Gasteiger partial charge in [-0.25, -0.2) is 9.78 Å². The molecule has 6 nitrogen and oxygen atoms in total. The number of benzene rings is 1. The van der Waals surface area contributed by atoms with Crippen molar-refractivity contribution in [2.45, 2.75) is 19.2 Å². The number of carbonyl (C=O) groups excluding carboxylic acids is 1. The van der Waals surface area contributed by atoms with Gasteiger partial charge in [-0.2, -0.15) is 17.9 Å². The van der Waals surface area contributed by atoms with Crippen molar-refractivity contribution in [1.82, 2.24) is 9.55 Å². The highest BCUT2D eigenvalue weighted by Gasteiger charge is 2.35. The highest BCUT2D eigenvalue weighted by atomic mass is 32.1. The van der Waals surface area contributed by atoms with Crippen molar-refractivity contribution in [3.05, 3.63) is 71.1 Å². The Labute approximate surface area is 186 Å². The molecular formula is C24H23N3O3S. The van der Waals surface area contributed by atoms with Crippen LogP contribution in [-0.2, 0) is 26.6 Å². The number of carbonyl (C=O) groups is 1.